The number of hydrogen-bond donors (Lipinski definition) is 2. The first kappa shape index (κ1) is 11.6. The van der Waals surface area contributed by atoms with E-state index in [-0.39, 0.29) is 0 Å². The first-order chi connectivity index (χ1) is 7.41. The summed E-state index contributed by atoms with van der Waals surface area (Å²) >= 11 is 1.80. The summed E-state index contributed by atoms with van der Waals surface area (Å²) in [5.74, 6) is -0.526. The molecule has 2 N–H and O–H groups in total. The van der Waals surface area contributed by atoms with Gasteiger partial charge in [-0.2, -0.15) is 8.42 Å². The highest BCUT2D eigenvalue weighted by atomic mass is 127. The molecule has 0 aliphatic rings. The highest BCUT2D eigenvalue weighted by Crippen LogP contribution is 2.32. The van der Waals surface area contributed by atoms with Crippen molar-refractivity contribution in [2.75, 3.05) is 0 Å². The molecule has 0 atom stereocenters. The van der Waals surface area contributed by atoms with Crippen LogP contribution in [0.2, 0.25) is 0 Å². The number of halogens is 1. The van der Waals surface area contributed by atoms with Gasteiger partial charge in [-0.25, -0.2) is 4.98 Å². The van der Waals surface area contributed by atoms with Crippen molar-refractivity contribution >= 4 is 43.6 Å². The fourth-order valence-corrected chi connectivity index (χ4v) is 2.78. The highest BCUT2D eigenvalue weighted by Gasteiger charge is 2.21. The number of hydrogen-bond acceptors (Lipinski definition) is 4. The Morgan fingerprint density at radius 1 is 1.25 bits per heavy atom. The van der Waals surface area contributed by atoms with Crippen LogP contribution in [0.25, 0.3) is 10.9 Å². The zero-order valence-electron chi connectivity index (χ0n) is 7.75. The predicted molar refractivity (Wildman–Crippen MR) is 65.9 cm³/mol. The zero-order chi connectivity index (χ0) is 11.9. The van der Waals surface area contributed by atoms with Crippen LogP contribution in [0.15, 0.2) is 29.3 Å². The second-order valence-electron chi connectivity index (χ2n) is 3.07. The average molecular weight is 351 g/mol. The topological polar surface area (TPSA) is 87.5 Å². The molecule has 0 aliphatic heterocycles. The van der Waals surface area contributed by atoms with Crippen molar-refractivity contribution in [2.45, 2.75) is 5.03 Å². The van der Waals surface area contributed by atoms with Crippen LogP contribution in [-0.4, -0.2) is 23.1 Å². The van der Waals surface area contributed by atoms with Gasteiger partial charge in [0.2, 0.25) is 5.03 Å². The lowest BCUT2D eigenvalue weighted by Crippen LogP contribution is -2.03. The molecule has 2 aromatic rings. The van der Waals surface area contributed by atoms with Crippen LogP contribution in [0.1, 0.15) is 0 Å². The molecule has 0 fully saturated rings. The molecule has 84 valence electrons. The maximum absolute atomic E-state index is 11.0. The molecule has 2 rings (SSSR count). The van der Waals surface area contributed by atoms with Crippen LogP contribution in [0.3, 0.4) is 0 Å². The quantitative estimate of drug-likeness (QED) is 0.604. The third-order valence-electron chi connectivity index (χ3n) is 2.02. The van der Waals surface area contributed by atoms with Crippen molar-refractivity contribution in [1.82, 2.24) is 4.98 Å². The van der Waals surface area contributed by atoms with E-state index in [1.165, 1.54) is 0 Å². The lowest BCUT2D eigenvalue weighted by Gasteiger charge is -2.06. The minimum absolute atomic E-state index is 0.343. The Kier molecular flexibility index (Phi) is 2.76. The number of rotatable bonds is 1. The molecule has 1 heterocycles. The van der Waals surface area contributed by atoms with Gasteiger partial charge in [-0.1, -0.05) is 18.2 Å². The number of pyridine rings is 1. The molecule has 0 amide bonds. The smallest absolute Gasteiger partial charge is 0.316 e. The second kappa shape index (κ2) is 3.82. The van der Waals surface area contributed by atoms with Gasteiger partial charge in [-0.05, 0) is 28.7 Å². The van der Waals surface area contributed by atoms with Gasteiger partial charge < -0.3 is 5.11 Å². The number of fused-ring (bicyclic) bond motifs is 1. The minimum atomic E-state index is -4.51. The van der Waals surface area contributed by atoms with Gasteiger partial charge >= 0.3 is 10.1 Å². The van der Waals surface area contributed by atoms with Crippen molar-refractivity contribution in [1.29, 1.82) is 0 Å². The number of aromatic nitrogens is 1. The second-order valence-corrected chi connectivity index (χ2v) is 5.49. The molecule has 7 heteroatoms. The Morgan fingerprint density at radius 3 is 2.50 bits per heavy atom. The van der Waals surface area contributed by atoms with Crippen molar-refractivity contribution in [3.8, 4) is 5.75 Å². The molecule has 5 nitrogen and oxygen atoms in total. The summed E-state index contributed by atoms with van der Waals surface area (Å²) in [5.41, 5.74) is 0.400. The van der Waals surface area contributed by atoms with Crippen molar-refractivity contribution in [3.05, 3.63) is 27.8 Å². The molecule has 0 saturated heterocycles. The molecule has 0 unspecified atom stereocenters. The summed E-state index contributed by atoms with van der Waals surface area (Å²) in [6.07, 6.45) is 0. The van der Waals surface area contributed by atoms with Crippen LogP contribution in [0.5, 0.6) is 5.75 Å². The van der Waals surface area contributed by atoms with E-state index in [1.807, 2.05) is 0 Å². The monoisotopic (exact) mass is 351 g/mol. The third-order valence-corrected chi connectivity index (χ3v) is 3.88. The van der Waals surface area contributed by atoms with Gasteiger partial charge in [-0.3, -0.25) is 4.55 Å². The molecular formula is C9H6INO4S. The Morgan fingerprint density at radius 2 is 1.88 bits per heavy atom. The van der Waals surface area contributed by atoms with E-state index < -0.39 is 20.9 Å². The van der Waals surface area contributed by atoms with Crippen LogP contribution >= 0.6 is 22.6 Å². The number of benzene rings is 1. The van der Waals surface area contributed by atoms with Crippen LogP contribution in [0.4, 0.5) is 0 Å². The van der Waals surface area contributed by atoms with E-state index in [0.717, 1.165) is 0 Å². The minimum Gasteiger partial charge on any atom is -0.504 e. The fourth-order valence-electron chi connectivity index (χ4n) is 1.32. The van der Waals surface area contributed by atoms with E-state index >= 15 is 0 Å². The molecule has 0 aliphatic carbocycles. The number of aromatic hydroxyl groups is 1. The van der Waals surface area contributed by atoms with E-state index in [2.05, 4.69) is 4.98 Å². The average Bonchev–Trinajstić information content (AvgIpc) is 2.22. The normalized spacial score (nSPS) is 11.9. The number of nitrogens with zero attached hydrogens (tertiary/aromatic N) is 1. The van der Waals surface area contributed by atoms with Crippen molar-refractivity contribution in [2.24, 2.45) is 0 Å². The lowest BCUT2D eigenvalue weighted by molar-refractivity contribution is 0.434. The molecule has 0 radical (unpaired) electrons. The summed E-state index contributed by atoms with van der Waals surface area (Å²) in [4.78, 5) is 3.71. The fraction of sp³-hybridized carbons (Fsp3) is 0. The highest BCUT2D eigenvalue weighted by molar-refractivity contribution is 14.1. The van der Waals surface area contributed by atoms with Gasteiger partial charge in [0.05, 0.1) is 9.09 Å². The van der Waals surface area contributed by atoms with E-state index in [4.69, 9.17) is 4.55 Å². The Balaban J connectivity index is 2.95. The van der Waals surface area contributed by atoms with Crippen molar-refractivity contribution < 1.29 is 18.1 Å². The van der Waals surface area contributed by atoms with Gasteiger partial charge in [0.15, 0.2) is 5.75 Å². The van der Waals surface area contributed by atoms with E-state index in [1.54, 1.807) is 46.9 Å². The van der Waals surface area contributed by atoms with Crippen LogP contribution in [0, 0.1) is 3.57 Å². The molecule has 0 saturated carbocycles. The SMILES string of the molecule is O=S(=O)(O)c1nc2ccccc2c(I)c1O. The maximum Gasteiger partial charge on any atom is 0.316 e. The summed E-state index contributed by atoms with van der Waals surface area (Å²) < 4.78 is 31.2. The Labute approximate surface area is 105 Å². The molecule has 1 aromatic carbocycles. The Hall–Kier alpha value is -0.930. The lowest BCUT2D eigenvalue weighted by atomic mass is 10.2. The zero-order valence-corrected chi connectivity index (χ0v) is 10.7. The van der Waals surface area contributed by atoms with E-state index in [9.17, 15) is 13.5 Å². The van der Waals surface area contributed by atoms with Gasteiger partial charge in [0, 0.05) is 5.39 Å². The molecule has 0 bridgehead atoms. The Bertz CT molecular complexity index is 669. The molecular weight excluding hydrogens is 345 g/mol. The summed E-state index contributed by atoms with van der Waals surface area (Å²) in [5, 5.41) is 9.54. The van der Waals surface area contributed by atoms with Crippen LogP contribution in [-0.2, 0) is 10.1 Å². The largest absolute Gasteiger partial charge is 0.504 e. The maximum atomic E-state index is 11.0. The molecule has 16 heavy (non-hydrogen) atoms. The standard InChI is InChI=1S/C9H6INO4S/c10-7-5-3-1-2-4-6(5)11-9(8(7)12)16(13,14)15/h1-4,12H,(H,13,14,15). The van der Waals surface area contributed by atoms with Gasteiger partial charge in [-0.15, -0.1) is 0 Å². The van der Waals surface area contributed by atoms with Gasteiger partial charge in [0.1, 0.15) is 0 Å². The summed E-state index contributed by atoms with van der Waals surface area (Å²) in [6.45, 7) is 0. The van der Waals surface area contributed by atoms with Crippen molar-refractivity contribution in [3.63, 3.8) is 0 Å². The van der Waals surface area contributed by atoms with Crippen LogP contribution < -0.4 is 0 Å². The number of para-hydroxylation sites is 1. The molecule has 1 aromatic heterocycles. The van der Waals surface area contributed by atoms with Gasteiger partial charge in [0.25, 0.3) is 0 Å². The summed E-state index contributed by atoms with van der Waals surface area (Å²) in [6, 6.07) is 6.75. The third kappa shape index (κ3) is 1.85. The van der Waals surface area contributed by atoms with E-state index in [0.29, 0.717) is 14.5 Å². The first-order valence-electron chi connectivity index (χ1n) is 4.16. The molecule has 0 spiro atoms. The predicted octanol–water partition coefficient (Wildman–Crippen LogP) is 1.79. The first-order valence-corrected chi connectivity index (χ1v) is 6.68. The summed E-state index contributed by atoms with van der Waals surface area (Å²) in [7, 11) is -4.51.